The number of hydrogen-bond acceptors (Lipinski definition) is 2. The van der Waals surface area contributed by atoms with Crippen molar-refractivity contribution in [2.45, 2.75) is 6.42 Å². The second-order valence-electron chi connectivity index (χ2n) is 3.62. The van der Waals surface area contributed by atoms with E-state index in [2.05, 4.69) is 12.1 Å². The maximum absolute atomic E-state index is 10.7. The van der Waals surface area contributed by atoms with Gasteiger partial charge in [-0.2, -0.15) is 0 Å². The highest BCUT2D eigenvalue weighted by atomic mass is 35.5. The van der Waals surface area contributed by atoms with E-state index >= 15 is 0 Å². The Labute approximate surface area is 116 Å². The van der Waals surface area contributed by atoms with Crippen LogP contribution in [-0.2, 0) is 11.2 Å². The van der Waals surface area contributed by atoms with Crippen LogP contribution in [0.15, 0.2) is 60.5 Å². The molecule has 0 saturated carbocycles. The van der Waals surface area contributed by atoms with Crippen LogP contribution in [0.2, 0.25) is 0 Å². The van der Waals surface area contributed by atoms with Crippen molar-refractivity contribution in [2.75, 3.05) is 6.54 Å². The smallest absolute Gasteiger partial charge is 0.150 e. The van der Waals surface area contributed by atoms with Gasteiger partial charge in [0.1, 0.15) is 5.70 Å². The van der Waals surface area contributed by atoms with Gasteiger partial charge in [0, 0.05) is 21.2 Å². The second-order valence-corrected chi connectivity index (χ2v) is 3.62. The first-order chi connectivity index (χ1) is 7.90. The van der Waals surface area contributed by atoms with Gasteiger partial charge in [0.05, 0.1) is 0 Å². The predicted molar refractivity (Wildman–Crippen MR) is 77.3 cm³/mol. The van der Waals surface area contributed by atoms with Crippen LogP contribution in [0.4, 0.5) is 0 Å². The maximum atomic E-state index is 10.7. The highest BCUT2D eigenvalue weighted by Gasteiger charge is 2.07. The van der Waals surface area contributed by atoms with E-state index in [1.807, 2.05) is 47.4 Å². The molecule has 0 N–H and O–H groups in total. The van der Waals surface area contributed by atoms with Crippen molar-refractivity contribution in [1.82, 2.24) is 4.90 Å². The molecule has 18 heavy (non-hydrogen) atoms. The molecule has 1 aromatic carbocycles. The van der Waals surface area contributed by atoms with Crippen LogP contribution < -0.4 is 0 Å². The zero-order valence-electron chi connectivity index (χ0n) is 9.95. The highest BCUT2D eigenvalue weighted by molar-refractivity contribution is 5.85. The molecule has 0 fully saturated rings. The average molecular weight is 259 g/mol. The van der Waals surface area contributed by atoms with Crippen LogP contribution in [0.25, 0.3) is 0 Å². The molecular formula is C14H14BClNO. The molecule has 1 heterocycles. The molecule has 0 atom stereocenters. The Balaban J connectivity index is 0.00000144. The second kappa shape index (κ2) is 8.40. The molecule has 4 heteroatoms. The molecule has 0 bridgehead atoms. The fourth-order valence-corrected chi connectivity index (χ4v) is 1.66. The summed E-state index contributed by atoms with van der Waals surface area (Å²) in [6.07, 6.45) is 8.37. The molecule has 1 aromatic rings. The molecule has 0 amide bonds. The molecule has 1 aliphatic rings. The van der Waals surface area contributed by atoms with Gasteiger partial charge in [-0.1, -0.05) is 36.4 Å². The lowest BCUT2D eigenvalue weighted by Gasteiger charge is -2.20. The summed E-state index contributed by atoms with van der Waals surface area (Å²) in [6, 6.07) is 10.2. The lowest BCUT2D eigenvalue weighted by Crippen LogP contribution is -2.20. The van der Waals surface area contributed by atoms with Crippen molar-refractivity contribution >= 4 is 26.8 Å². The van der Waals surface area contributed by atoms with Crippen molar-refractivity contribution in [1.29, 1.82) is 0 Å². The van der Waals surface area contributed by atoms with Crippen molar-refractivity contribution in [3.63, 3.8) is 0 Å². The normalized spacial score (nSPS) is 12.4. The lowest BCUT2D eigenvalue weighted by atomic mass is 10.1. The van der Waals surface area contributed by atoms with Crippen LogP contribution >= 0.6 is 12.4 Å². The van der Waals surface area contributed by atoms with Crippen molar-refractivity contribution < 1.29 is 4.79 Å². The third-order valence-electron chi connectivity index (χ3n) is 2.53. The summed E-state index contributed by atoms with van der Waals surface area (Å²) in [5.74, 6) is 1.94. The Hall–Kier alpha value is -1.70. The summed E-state index contributed by atoms with van der Waals surface area (Å²) in [5, 5.41) is 0. The Bertz CT molecular complexity index is 464. The number of nitrogens with zero attached hydrogens (tertiary/aromatic N) is 1. The number of benzene rings is 1. The standard InChI is InChI=1S/C14H13NO.B.ClH/c16-12-14-8-4-5-10-15(14)11-9-13-6-2-1-3-7-13;;/h1-8,10H,9,11H2;;1H. The molecule has 0 spiro atoms. The highest BCUT2D eigenvalue weighted by Crippen LogP contribution is 2.10. The van der Waals surface area contributed by atoms with Gasteiger partial charge in [0.25, 0.3) is 0 Å². The summed E-state index contributed by atoms with van der Waals surface area (Å²) >= 11 is 0. The van der Waals surface area contributed by atoms with Gasteiger partial charge in [-0.3, -0.25) is 0 Å². The minimum absolute atomic E-state index is 0. The van der Waals surface area contributed by atoms with E-state index in [-0.39, 0.29) is 20.8 Å². The van der Waals surface area contributed by atoms with E-state index in [0.29, 0.717) is 5.70 Å². The van der Waals surface area contributed by atoms with E-state index in [1.54, 1.807) is 6.08 Å². The van der Waals surface area contributed by atoms with E-state index in [0.717, 1.165) is 13.0 Å². The van der Waals surface area contributed by atoms with E-state index in [9.17, 15) is 4.79 Å². The number of rotatable bonds is 3. The first kappa shape index (κ1) is 16.3. The van der Waals surface area contributed by atoms with Gasteiger partial charge in [-0.05, 0) is 24.1 Å². The molecule has 2 nitrogen and oxygen atoms in total. The Kier molecular flexibility index (Phi) is 7.61. The molecule has 0 aromatic heterocycles. The van der Waals surface area contributed by atoms with Crippen LogP contribution in [0, 0.1) is 0 Å². The predicted octanol–water partition coefficient (Wildman–Crippen LogP) is 2.37. The summed E-state index contributed by atoms with van der Waals surface area (Å²) in [4.78, 5) is 12.6. The lowest BCUT2D eigenvalue weighted by molar-refractivity contribution is 0.475. The van der Waals surface area contributed by atoms with E-state index < -0.39 is 0 Å². The van der Waals surface area contributed by atoms with E-state index in [1.165, 1.54) is 5.56 Å². The third kappa shape index (κ3) is 4.29. The molecule has 0 aliphatic carbocycles. The molecule has 0 saturated heterocycles. The molecule has 2 rings (SSSR count). The Morgan fingerprint density at radius 2 is 1.83 bits per heavy atom. The summed E-state index contributed by atoms with van der Waals surface area (Å²) in [6.45, 7) is 0.801. The summed E-state index contributed by atoms with van der Waals surface area (Å²) in [7, 11) is 0. The first-order valence-electron chi connectivity index (χ1n) is 5.31. The molecule has 0 unspecified atom stereocenters. The van der Waals surface area contributed by atoms with Crippen molar-refractivity contribution in [3.05, 3.63) is 66.0 Å². The Morgan fingerprint density at radius 3 is 2.50 bits per heavy atom. The summed E-state index contributed by atoms with van der Waals surface area (Å²) < 4.78 is 0. The minimum atomic E-state index is 0. The van der Waals surface area contributed by atoms with Gasteiger partial charge in [-0.15, -0.1) is 12.4 Å². The topological polar surface area (TPSA) is 20.3 Å². The fraction of sp³-hybridized carbons (Fsp3) is 0.143. The van der Waals surface area contributed by atoms with Crippen molar-refractivity contribution in [2.24, 2.45) is 0 Å². The van der Waals surface area contributed by atoms with Crippen LogP contribution in [0.5, 0.6) is 0 Å². The minimum Gasteiger partial charge on any atom is -0.339 e. The zero-order chi connectivity index (χ0) is 11.2. The SMILES string of the molecule is Cl.O=C=C1C=CC=CN1CCc1ccccc1.[B]. The maximum Gasteiger partial charge on any atom is 0.150 e. The van der Waals surface area contributed by atoms with Crippen LogP contribution in [0.1, 0.15) is 5.56 Å². The molecular weight excluding hydrogens is 244 g/mol. The number of carbonyl (C=O) groups excluding carboxylic acids is 1. The average Bonchev–Trinajstić information content (AvgIpc) is 2.38. The largest absolute Gasteiger partial charge is 0.339 e. The number of halogens is 1. The first-order valence-corrected chi connectivity index (χ1v) is 5.31. The van der Waals surface area contributed by atoms with Gasteiger partial charge in [-0.25, -0.2) is 4.79 Å². The Morgan fingerprint density at radius 1 is 1.11 bits per heavy atom. The third-order valence-corrected chi connectivity index (χ3v) is 2.53. The number of hydrogen-bond donors (Lipinski definition) is 0. The number of allylic oxidation sites excluding steroid dienone is 3. The van der Waals surface area contributed by atoms with Gasteiger partial charge >= 0.3 is 0 Å². The summed E-state index contributed by atoms with van der Waals surface area (Å²) in [5.41, 5.74) is 1.87. The monoisotopic (exact) mass is 258 g/mol. The van der Waals surface area contributed by atoms with Gasteiger partial charge in [0.2, 0.25) is 0 Å². The van der Waals surface area contributed by atoms with Crippen LogP contribution in [-0.4, -0.2) is 25.8 Å². The van der Waals surface area contributed by atoms with E-state index in [4.69, 9.17) is 0 Å². The molecule has 3 radical (unpaired) electrons. The molecule has 1 aliphatic heterocycles. The van der Waals surface area contributed by atoms with Gasteiger partial charge < -0.3 is 4.90 Å². The zero-order valence-corrected chi connectivity index (χ0v) is 10.8. The van der Waals surface area contributed by atoms with Gasteiger partial charge in [0.15, 0.2) is 5.94 Å². The molecule has 91 valence electrons. The van der Waals surface area contributed by atoms with Crippen molar-refractivity contribution in [3.8, 4) is 0 Å². The van der Waals surface area contributed by atoms with Crippen LogP contribution in [0.3, 0.4) is 0 Å². The quantitative estimate of drug-likeness (QED) is 0.613. The fourth-order valence-electron chi connectivity index (χ4n) is 1.66.